The van der Waals surface area contributed by atoms with Crippen LogP contribution in [-0.2, 0) is 0 Å². The van der Waals surface area contributed by atoms with Crippen molar-refractivity contribution in [2.75, 3.05) is 13.6 Å². The van der Waals surface area contributed by atoms with Gasteiger partial charge in [0.15, 0.2) is 0 Å². The molecular formula is C16H27NO. The predicted molar refractivity (Wildman–Crippen MR) is 77.6 cm³/mol. The van der Waals surface area contributed by atoms with Crippen LogP contribution in [0.25, 0.3) is 0 Å². The molecular weight excluding hydrogens is 222 g/mol. The maximum absolute atomic E-state index is 10.3. The van der Waals surface area contributed by atoms with E-state index in [0.29, 0.717) is 6.04 Å². The third-order valence-corrected chi connectivity index (χ3v) is 3.71. The molecule has 0 aliphatic rings. The fourth-order valence-corrected chi connectivity index (χ4v) is 2.35. The molecule has 0 aromatic heterocycles. The maximum atomic E-state index is 10.3. The van der Waals surface area contributed by atoms with Crippen molar-refractivity contribution in [1.29, 1.82) is 0 Å². The zero-order chi connectivity index (χ0) is 13.5. The summed E-state index contributed by atoms with van der Waals surface area (Å²) in [4.78, 5) is 2.35. The monoisotopic (exact) mass is 249 g/mol. The molecule has 1 N–H and O–H groups in total. The summed E-state index contributed by atoms with van der Waals surface area (Å²) in [6.45, 7) is 7.52. The molecule has 1 aromatic carbocycles. The van der Waals surface area contributed by atoms with E-state index in [4.69, 9.17) is 0 Å². The van der Waals surface area contributed by atoms with Crippen LogP contribution in [0.2, 0.25) is 0 Å². The second-order valence-electron chi connectivity index (χ2n) is 5.41. The van der Waals surface area contributed by atoms with Gasteiger partial charge in [0.25, 0.3) is 0 Å². The minimum Gasteiger partial charge on any atom is -0.388 e. The summed E-state index contributed by atoms with van der Waals surface area (Å²) in [5.41, 5.74) is 1.02. The molecule has 0 bridgehead atoms. The van der Waals surface area contributed by atoms with Gasteiger partial charge in [-0.25, -0.2) is 0 Å². The van der Waals surface area contributed by atoms with Crippen molar-refractivity contribution in [2.24, 2.45) is 5.92 Å². The summed E-state index contributed by atoms with van der Waals surface area (Å²) in [6.07, 6.45) is 2.05. The molecule has 0 saturated heterocycles. The number of aliphatic hydroxyl groups excluding tert-OH is 1. The van der Waals surface area contributed by atoms with Crippen molar-refractivity contribution in [3.8, 4) is 0 Å². The van der Waals surface area contributed by atoms with E-state index in [2.05, 4.69) is 32.7 Å². The predicted octanol–water partition coefficient (Wildman–Crippen LogP) is 3.48. The highest BCUT2D eigenvalue weighted by molar-refractivity contribution is 5.17. The Kier molecular flexibility index (Phi) is 6.37. The number of rotatable bonds is 7. The van der Waals surface area contributed by atoms with E-state index < -0.39 is 0 Å². The third-order valence-electron chi connectivity index (χ3n) is 3.71. The van der Waals surface area contributed by atoms with Gasteiger partial charge in [0, 0.05) is 12.6 Å². The Morgan fingerprint density at radius 3 is 2.33 bits per heavy atom. The van der Waals surface area contributed by atoms with E-state index >= 15 is 0 Å². The number of aliphatic hydroxyl groups is 1. The molecule has 0 aliphatic heterocycles. The highest BCUT2D eigenvalue weighted by Gasteiger charge is 2.19. The number of benzene rings is 1. The second kappa shape index (κ2) is 7.55. The number of hydrogen-bond donors (Lipinski definition) is 1. The van der Waals surface area contributed by atoms with Gasteiger partial charge in [-0.2, -0.15) is 0 Å². The van der Waals surface area contributed by atoms with Crippen LogP contribution in [0.15, 0.2) is 30.3 Å². The normalized spacial score (nSPS) is 16.6. The lowest BCUT2D eigenvalue weighted by Crippen LogP contribution is -2.34. The van der Waals surface area contributed by atoms with E-state index in [-0.39, 0.29) is 12.0 Å². The van der Waals surface area contributed by atoms with Crippen LogP contribution in [0.1, 0.15) is 45.3 Å². The molecule has 0 spiro atoms. The van der Waals surface area contributed by atoms with Crippen molar-refractivity contribution in [1.82, 2.24) is 4.90 Å². The van der Waals surface area contributed by atoms with Crippen molar-refractivity contribution < 1.29 is 5.11 Å². The summed E-state index contributed by atoms with van der Waals surface area (Å²) >= 11 is 0. The Labute approximate surface area is 112 Å². The van der Waals surface area contributed by atoms with E-state index in [0.717, 1.165) is 12.1 Å². The highest BCUT2D eigenvalue weighted by atomic mass is 16.3. The molecule has 1 aromatic rings. The Bertz CT molecular complexity index is 325. The molecule has 1 rings (SSSR count). The molecule has 0 aliphatic carbocycles. The van der Waals surface area contributed by atoms with Crippen molar-refractivity contribution in [3.63, 3.8) is 0 Å². The lowest BCUT2D eigenvalue weighted by atomic mass is 9.96. The maximum Gasteiger partial charge on any atom is 0.0827 e. The van der Waals surface area contributed by atoms with Crippen LogP contribution < -0.4 is 0 Å². The van der Waals surface area contributed by atoms with Gasteiger partial charge in [0.2, 0.25) is 0 Å². The second-order valence-corrected chi connectivity index (χ2v) is 5.41. The van der Waals surface area contributed by atoms with Crippen LogP contribution in [0.5, 0.6) is 0 Å². The van der Waals surface area contributed by atoms with E-state index in [1.807, 2.05) is 30.3 Å². The van der Waals surface area contributed by atoms with E-state index in [1.165, 1.54) is 12.8 Å². The summed E-state index contributed by atoms with van der Waals surface area (Å²) in [5, 5.41) is 10.3. The van der Waals surface area contributed by atoms with Crippen molar-refractivity contribution >= 4 is 0 Å². The van der Waals surface area contributed by atoms with E-state index in [1.54, 1.807) is 0 Å². The Balaban J connectivity index is 2.52. The van der Waals surface area contributed by atoms with Gasteiger partial charge in [-0.1, -0.05) is 50.6 Å². The van der Waals surface area contributed by atoms with Gasteiger partial charge in [0.05, 0.1) is 6.10 Å². The minimum atomic E-state index is -0.373. The summed E-state index contributed by atoms with van der Waals surface area (Å²) in [6, 6.07) is 10.5. The average Bonchev–Trinajstić information content (AvgIpc) is 2.39. The smallest absolute Gasteiger partial charge is 0.0827 e. The molecule has 0 fully saturated rings. The first-order chi connectivity index (χ1) is 8.56. The van der Waals surface area contributed by atoms with Gasteiger partial charge < -0.3 is 10.0 Å². The van der Waals surface area contributed by atoms with Crippen molar-refractivity contribution in [3.05, 3.63) is 35.9 Å². The summed E-state index contributed by atoms with van der Waals surface area (Å²) in [7, 11) is 2.15. The minimum absolute atomic E-state index is 0.247. The summed E-state index contributed by atoms with van der Waals surface area (Å²) < 4.78 is 0. The van der Waals surface area contributed by atoms with Gasteiger partial charge in [-0.15, -0.1) is 0 Å². The fraction of sp³-hybridized carbons (Fsp3) is 0.625. The largest absolute Gasteiger partial charge is 0.388 e. The van der Waals surface area contributed by atoms with Gasteiger partial charge in [-0.3, -0.25) is 0 Å². The molecule has 18 heavy (non-hydrogen) atoms. The molecule has 0 radical (unpaired) electrons. The highest BCUT2D eigenvalue weighted by Crippen LogP contribution is 2.22. The Morgan fingerprint density at radius 1 is 1.17 bits per heavy atom. The lowest BCUT2D eigenvalue weighted by Gasteiger charge is -2.29. The molecule has 3 atom stereocenters. The number of hydrogen-bond acceptors (Lipinski definition) is 2. The quantitative estimate of drug-likeness (QED) is 0.799. The summed E-state index contributed by atoms with van der Waals surface area (Å²) in [5.74, 6) is 0.247. The molecule has 102 valence electrons. The van der Waals surface area contributed by atoms with Crippen LogP contribution in [0.4, 0.5) is 0 Å². The van der Waals surface area contributed by atoms with Crippen molar-refractivity contribution in [2.45, 2.75) is 45.8 Å². The van der Waals surface area contributed by atoms with Gasteiger partial charge in [0.1, 0.15) is 0 Å². The molecule has 2 heteroatoms. The first-order valence-corrected chi connectivity index (χ1v) is 6.99. The Morgan fingerprint density at radius 2 is 1.78 bits per heavy atom. The molecule has 0 saturated carbocycles. The molecule has 3 unspecified atom stereocenters. The van der Waals surface area contributed by atoms with Gasteiger partial charge >= 0.3 is 0 Å². The average molecular weight is 249 g/mol. The van der Waals surface area contributed by atoms with Crippen LogP contribution in [0.3, 0.4) is 0 Å². The number of nitrogens with zero attached hydrogens (tertiary/aromatic N) is 1. The molecule has 2 nitrogen and oxygen atoms in total. The van der Waals surface area contributed by atoms with E-state index in [9.17, 15) is 5.11 Å². The zero-order valence-corrected chi connectivity index (χ0v) is 12.1. The van der Waals surface area contributed by atoms with Gasteiger partial charge in [-0.05, 0) is 31.9 Å². The zero-order valence-electron chi connectivity index (χ0n) is 12.1. The first kappa shape index (κ1) is 15.2. The standard InChI is InChI=1S/C16H27NO/c1-5-9-14(3)17(4)12-13(2)16(18)15-10-7-6-8-11-15/h6-8,10-11,13-14,16,18H,5,9,12H2,1-4H3. The first-order valence-electron chi connectivity index (χ1n) is 6.99. The third kappa shape index (κ3) is 4.43. The van der Waals surface area contributed by atoms with Crippen LogP contribution in [0, 0.1) is 5.92 Å². The lowest BCUT2D eigenvalue weighted by molar-refractivity contribution is 0.0843. The van der Waals surface area contributed by atoms with Crippen LogP contribution in [-0.4, -0.2) is 29.6 Å². The topological polar surface area (TPSA) is 23.5 Å². The van der Waals surface area contributed by atoms with Crippen LogP contribution >= 0.6 is 0 Å². The SMILES string of the molecule is CCCC(C)N(C)CC(C)C(O)c1ccccc1. The Hall–Kier alpha value is -0.860. The fourth-order valence-electron chi connectivity index (χ4n) is 2.35. The molecule has 0 heterocycles. The molecule has 0 amide bonds.